The molecule has 8 aromatic rings. The fourth-order valence-corrected chi connectivity index (χ4v) is 6.66. The minimum Gasteiger partial charge on any atom is -1.00 e. The Morgan fingerprint density at radius 3 is 1.12 bits per heavy atom. The molecule has 0 aliphatic heterocycles. The molecule has 0 saturated heterocycles. The minimum absolute atomic E-state index is 0. The van der Waals surface area contributed by atoms with Crippen LogP contribution in [0.3, 0.4) is 0 Å². The van der Waals surface area contributed by atoms with Gasteiger partial charge in [-0.15, -0.1) is 69.1 Å². The smallest absolute Gasteiger partial charge is 1.00 e. The third-order valence-corrected chi connectivity index (χ3v) is 8.91. The van der Waals surface area contributed by atoms with Crippen molar-refractivity contribution in [3.8, 4) is 22.3 Å². The maximum absolute atomic E-state index is 3.18. The van der Waals surface area contributed by atoms with Crippen LogP contribution in [0.15, 0.2) is 146 Å². The molecular weight excluding hydrogens is 767 g/mol. The van der Waals surface area contributed by atoms with E-state index in [0.29, 0.717) is 0 Å². The van der Waals surface area contributed by atoms with Gasteiger partial charge in [0.25, 0.3) is 0 Å². The Morgan fingerprint density at radius 1 is 0.442 bits per heavy atom. The third kappa shape index (κ3) is 11.1. The molecule has 0 aliphatic carbocycles. The Kier molecular flexibility index (Phi) is 19.6. The summed E-state index contributed by atoms with van der Waals surface area (Å²) >= 11 is 0. The van der Waals surface area contributed by atoms with Crippen LogP contribution in [0.2, 0.25) is 6.04 Å². The van der Waals surface area contributed by atoms with E-state index in [0.717, 1.165) is 6.04 Å². The first-order valence-corrected chi connectivity index (χ1v) is 18.6. The van der Waals surface area contributed by atoms with E-state index in [2.05, 4.69) is 184 Å². The van der Waals surface area contributed by atoms with Crippen molar-refractivity contribution < 1.29 is 51.0 Å². The molecule has 0 aromatic heterocycles. The van der Waals surface area contributed by atoms with Crippen LogP contribution in [0.5, 0.6) is 0 Å². The summed E-state index contributed by atoms with van der Waals surface area (Å²) in [7, 11) is 3.18. The normalized spacial score (nSPS) is 10.0. The van der Waals surface area contributed by atoms with E-state index in [1.54, 1.807) is 0 Å². The molecule has 0 heterocycles. The maximum atomic E-state index is 3.18. The zero-order valence-electron chi connectivity index (χ0n) is 31.1. The van der Waals surface area contributed by atoms with Gasteiger partial charge in [-0.2, -0.15) is 12.1 Å². The molecule has 0 fully saturated rings. The van der Waals surface area contributed by atoms with Crippen molar-refractivity contribution >= 4 is 53.3 Å². The van der Waals surface area contributed by atoms with Crippen molar-refractivity contribution in [2.45, 2.75) is 66.3 Å². The summed E-state index contributed by atoms with van der Waals surface area (Å²) < 4.78 is 0. The number of aryl methyl sites for hydroxylation is 2. The van der Waals surface area contributed by atoms with Gasteiger partial charge >= 0.3 is 26.2 Å². The number of unbranched alkanes of at least 4 members (excludes halogenated alkanes) is 3. The summed E-state index contributed by atoms with van der Waals surface area (Å²) in [6.45, 7) is 10.8. The minimum atomic E-state index is 0. The Morgan fingerprint density at radius 2 is 0.750 bits per heavy atom. The molecule has 52 heavy (non-hydrogen) atoms. The van der Waals surface area contributed by atoms with Crippen LogP contribution in [0.1, 0.15) is 57.6 Å². The zero-order valence-corrected chi connectivity index (χ0v) is 36.1. The van der Waals surface area contributed by atoms with Gasteiger partial charge in [-0.3, -0.25) is 0 Å². The molecule has 0 unspecified atom stereocenters. The van der Waals surface area contributed by atoms with Crippen molar-refractivity contribution in [1.29, 1.82) is 0 Å². The Balaban J connectivity index is 0.000000280. The summed E-state index contributed by atoms with van der Waals surface area (Å²) in [4.78, 5) is 0. The Hall–Kier alpha value is -3.26. The fourth-order valence-electron chi connectivity index (χ4n) is 6.66. The number of hydrogen-bond acceptors (Lipinski definition) is 0. The van der Waals surface area contributed by atoms with Crippen LogP contribution in [-0.2, 0) is 26.2 Å². The number of fused-ring (bicyclic) bond motifs is 4. The van der Waals surface area contributed by atoms with Gasteiger partial charge in [0, 0.05) is 10.2 Å². The molecule has 0 aliphatic rings. The quantitative estimate of drug-likeness (QED) is 0.0929. The van der Waals surface area contributed by atoms with Crippen molar-refractivity contribution in [2.24, 2.45) is 0 Å². The van der Waals surface area contributed by atoms with E-state index in [1.807, 2.05) is 6.92 Å². The predicted octanol–water partition coefficient (Wildman–Crippen LogP) is 8.56. The van der Waals surface area contributed by atoms with Gasteiger partial charge in [0.15, 0.2) is 0 Å². The van der Waals surface area contributed by atoms with E-state index in [1.165, 1.54) is 102 Å². The summed E-state index contributed by atoms with van der Waals surface area (Å²) in [5.41, 5.74) is 7.94. The molecule has 263 valence electrons. The first-order valence-electron chi connectivity index (χ1n) is 17.9. The maximum Gasteiger partial charge on any atom is 4.00 e. The number of benzene rings is 6. The SMILES string of the molecule is CCCCCC.CC[Si].Cc1cc2c(-c3cccc4ccccc34)cccc2[cH-]1.Cc1cc2c(-c3cccc4ccccc34)cccc2[cH-]1.[Cl-].[Cl-].[Zr+4]. The Labute approximate surface area is 347 Å². The van der Waals surface area contributed by atoms with Gasteiger partial charge in [0.1, 0.15) is 0 Å². The standard InChI is InChI=1S/2C20H15.C6H14.C2H5Si.2ClH.Zr/c2*1-14-12-16-8-5-11-19(20(16)13-14)18-10-4-7-15-6-2-3-9-17(15)18;1-3-5-6-4-2;1-2-3;;;/h2*2-13H,1H3;3-6H2,1-2H3;2H2,1H3;2*1H;/q2*-1;;;;;+4/p-2. The molecule has 0 saturated carbocycles. The van der Waals surface area contributed by atoms with Gasteiger partial charge in [-0.05, 0) is 32.7 Å². The van der Waals surface area contributed by atoms with Crippen LogP contribution in [0, 0.1) is 13.8 Å². The molecule has 0 nitrogen and oxygen atoms in total. The Bertz CT molecular complexity index is 2070. The zero-order chi connectivity index (χ0) is 34.6. The first kappa shape index (κ1) is 44.9. The van der Waals surface area contributed by atoms with Crippen molar-refractivity contribution in [3.63, 3.8) is 0 Å². The van der Waals surface area contributed by atoms with E-state index in [9.17, 15) is 0 Å². The van der Waals surface area contributed by atoms with Gasteiger partial charge in [-0.25, -0.2) is 0 Å². The van der Waals surface area contributed by atoms with Gasteiger partial charge in [0.2, 0.25) is 0 Å². The van der Waals surface area contributed by atoms with E-state index in [-0.39, 0.29) is 51.0 Å². The van der Waals surface area contributed by atoms with Crippen LogP contribution in [0.25, 0.3) is 65.3 Å². The van der Waals surface area contributed by atoms with Crippen LogP contribution >= 0.6 is 0 Å². The predicted molar refractivity (Wildman–Crippen MR) is 220 cm³/mol. The van der Waals surface area contributed by atoms with Crippen molar-refractivity contribution in [2.75, 3.05) is 0 Å². The van der Waals surface area contributed by atoms with E-state index < -0.39 is 0 Å². The number of rotatable bonds is 5. The molecule has 8 rings (SSSR count). The van der Waals surface area contributed by atoms with Gasteiger partial charge in [0.05, 0.1) is 0 Å². The second-order valence-electron chi connectivity index (χ2n) is 12.8. The van der Waals surface area contributed by atoms with Gasteiger partial charge < -0.3 is 24.8 Å². The molecule has 0 N–H and O–H groups in total. The molecule has 8 aromatic carbocycles. The van der Waals surface area contributed by atoms with Crippen LogP contribution < -0.4 is 24.8 Å². The van der Waals surface area contributed by atoms with Crippen LogP contribution in [0.4, 0.5) is 0 Å². The summed E-state index contributed by atoms with van der Waals surface area (Å²) in [5.74, 6) is 0. The molecule has 4 heteroatoms. The third-order valence-electron chi connectivity index (χ3n) is 8.91. The molecule has 0 spiro atoms. The largest absolute Gasteiger partial charge is 4.00 e. The number of hydrogen-bond donors (Lipinski definition) is 0. The molecule has 0 atom stereocenters. The molecule has 0 amide bonds. The summed E-state index contributed by atoms with van der Waals surface area (Å²) in [6, 6.07) is 53.5. The van der Waals surface area contributed by atoms with E-state index in [4.69, 9.17) is 0 Å². The summed E-state index contributed by atoms with van der Waals surface area (Å²) in [5, 5.41) is 10.6. The monoisotopic (exact) mass is 813 g/mol. The average molecular weight is 816 g/mol. The molecule has 3 radical (unpaired) electrons. The van der Waals surface area contributed by atoms with E-state index >= 15 is 0 Å². The second kappa shape index (κ2) is 22.7. The van der Waals surface area contributed by atoms with Crippen molar-refractivity contribution in [3.05, 3.63) is 157 Å². The van der Waals surface area contributed by atoms with Crippen molar-refractivity contribution in [1.82, 2.24) is 0 Å². The average Bonchev–Trinajstić information content (AvgIpc) is 3.72. The summed E-state index contributed by atoms with van der Waals surface area (Å²) in [6.07, 6.45) is 5.54. The van der Waals surface area contributed by atoms with Crippen LogP contribution in [-0.4, -0.2) is 10.2 Å². The number of halogens is 2. The topological polar surface area (TPSA) is 0 Å². The molecule has 0 bridgehead atoms. The molecular formula is C48H49Cl2SiZr. The van der Waals surface area contributed by atoms with Gasteiger partial charge in [-0.1, -0.05) is 175 Å². The first-order chi connectivity index (χ1) is 24.0. The fraction of sp³-hybridized carbons (Fsp3) is 0.208. The second-order valence-corrected chi connectivity index (χ2v) is 13.5.